The molecule has 0 heterocycles. The molecule has 0 aliphatic heterocycles. The van der Waals surface area contributed by atoms with Gasteiger partial charge in [-0.2, -0.15) is 0 Å². The van der Waals surface area contributed by atoms with E-state index in [4.69, 9.17) is 0 Å². The van der Waals surface area contributed by atoms with Crippen LogP contribution in [0.5, 0.6) is 0 Å². The van der Waals surface area contributed by atoms with E-state index in [2.05, 4.69) is 10.6 Å². The van der Waals surface area contributed by atoms with Crippen molar-refractivity contribution in [1.29, 1.82) is 0 Å². The lowest BCUT2D eigenvalue weighted by Crippen LogP contribution is -2.20. The summed E-state index contributed by atoms with van der Waals surface area (Å²) in [5, 5.41) is 5.56. The molecule has 0 saturated heterocycles. The van der Waals surface area contributed by atoms with Crippen LogP contribution in [0.1, 0.15) is 19.4 Å². The summed E-state index contributed by atoms with van der Waals surface area (Å²) in [5.41, 5.74) is 1.60. The largest absolute Gasteiger partial charge is 0.348 e. The third-order valence-electron chi connectivity index (χ3n) is 2.76. The zero-order valence-electron chi connectivity index (χ0n) is 13.5. The minimum Gasteiger partial charge on any atom is -0.348 e. The molecular weight excluding hydrogens is 288 g/mol. The maximum atomic E-state index is 11.7. The second kappa shape index (κ2) is 10.8. The highest BCUT2D eigenvalue weighted by molar-refractivity contribution is 5.99. The Balaban J connectivity index is 2.56. The van der Waals surface area contributed by atoms with E-state index in [1.54, 1.807) is 30.4 Å². The number of anilines is 1. The Morgan fingerprint density at radius 2 is 1.61 bits per heavy atom. The molecular formula is C19H22N2O2. The smallest absolute Gasteiger partial charge is 0.248 e. The van der Waals surface area contributed by atoms with Crippen LogP contribution in [-0.2, 0) is 16.1 Å². The van der Waals surface area contributed by atoms with Gasteiger partial charge in [0, 0.05) is 24.4 Å². The van der Waals surface area contributed by atoms with Crippen molar-refractivity contribution >= 4 is 17.5 Å². The first-order chi connectivity index (χ1) is 11.2. The van der Waals surface area contributed by atoms with Gasteiger partial charge in [0.25, 0.3) is 0 Å². The predicted octanol–water partition coefficient (Wildman–Crippen LogP) is 3.51. The molecule has 0 fully saturated rings. The molecule has 1 aromatic carbocycles. The molecule has 2 N–H and O–H groups in total. The molecule has 4 heteroatoms. The topological polar surface area (TPSA) is 58.2 Å². The normalized spacial score (nSPS) is 11.7. The van der Waals surface area contributed by atoms with Crippen molar-refractivity contribution in [2.24, 2.45) is 0 Å². The minimum absolute atomic E-state index is 0.160. The zero-order chi connectivity index (χ0) is 16.9. The number of rotatable bonds is 7. The first-order valence-electron chi connectivity index (χ1n) is 7.42. The molecule has 0 bridgehead atoms. The Kier molecular flexibility index (Phi) is 8.52. The lowest BCUT2D eigenvalue weighted by atomic mass is 10.2. The predicted molar refractivity (Wildman–Crippen MR) is 94.8 cm³/mol. The minimum atomic E-state index is -0.196. The first-order valence-corrected chi connectivity index (χ1v) is 7.42. The average molecular weight is 310 g/mol. The zero-order valence-corrected chi connectivity index (χ0v) is 13.5. The number of hydrogen-bond donors (Lipinski definition) is 2. The van der Waals surface area contributed by atoms with E-state index in [-0.39, 0.29) is 11.8 Å². The molecule has 23 heavy (non-hydrogen) atoms. The second-order valence-corrected chi connectivity index (χ2v) is 4.68. The van der Waals surface area contributed by atoms with Crippen LogP contribution in [0.15, 0.2) is 72.9 Å². The molecule has 0 spiro atoms. The number of hydrogen-bond acceptors (Lipinski definition) is 2. The number of amides is 2. The lowest BCUT2D eigenvalue weighted by Gasteiger charge is -2.06. The Labute approximate surface area is 137 Å². The molecule has 1 aromatic rings. The van der Waals surface area contributed by atoms with Crippen LogP contribution in [0.4, 0.5) is 5.69 Å². The van der Waals surface area contributed by atoms with E-state index in [1.807, 2.05) is 44.2 Å². The quantitative estimate of drug-likeness (QED) is 0.598. The van der Waals surface area contributed by atoms with Crippen molar-refractivity contribution in [2.75, 3.05) is 5.32 Å². The van der Waals surface area contributed by atoms with Crippen LogP contribution in [-0.4, -0.2) is 11.8 Å². The summed E-state index contributed by atoms with van der Waals surface area (Å²) in [7, 11) is 0. The molecule has 0 radical (unpaired) electrons. The van der Waals surface area contributed by atoms with E-state index in [0.717, 1.165) is 5.56 Å². The standard InChI is InChI=1S/C19H22N2O2/c1-3-5-7-12-18(22)20-15-16-10-9-11-17(14-16)21-19(23)13-8-6-4-2/h3-14H,15H2,1-2H3,(H,20,22)(H,21,23)/b5-3+,6-4+,12-7+,13-8+. The third-order valence-corrected chi connectivity index (χ3v) is 2.76. The second-order valence-electron chi connectivity index (χ2n) is 4.68. The summed E-state index contributed by atoms with van der Waals surface area (Å²) in [6, 6.07) is 7.36. The first kappa shape index (κ1) is 18.2. The van der Waals surface area contributed by atoms with Crippen LogP contribution < -0.4 is 10.6 Å². The number of carbonyl (C=O) groups excluding carboxylic acids is 2. The summed E-state index contributed by atoms with van der Waals surface area (Å²) in [4.78, 5) is 23.3. The highest BCUT2D eigenvalue weighted by Crippen LogP contribution is 2.10. The molecule has 0 aromatic heterocycles. The van der Waals surface area contributed by atoms with Gasteiger partial charge in [0.15, 0.2) is 0 Å². The van der Waals surface area contributed by atoms with Crippen LogP contribution in [0.25, 0.3) is 0 Å². The molecule has 1 rings (SSSR count). The van der Waals surface area contributed by atoms with Crippen LogP contribution in [0.2, 0.25) is 0 Å². The van der Waals surface area contributed by atoms with Gasteiger partial charge < -0.3 is 10.6 Å². The highest BCUT2D eigenvalue weighted by Gasteiger charge is 2.00. The molecule has 0 saturated carbocycles. The fourth-order valence-corrected chi connectivity index (χ4v) is 1.70. The summed E-state index contributed by atoms with van der Waals surface area (Å²) in [6.07, 6.45) is 13.6. The van der Waals surface area contributed by atoms with Crippen molar-refractivity contribution < 1.29 is 9.59 Å². The number of nitrogens with one attached hydrogen (secondary N) is 2. The van der Waals surface area contributed by atoms with E-state index < -0.39 is 0 Å². The monoisotopic (exact) mass is 310 g/mol. The molecule has 2 amide bonds. The maximum Gasteiger partial charge on any atom is 0.248 e. The van der Waals surface area contributed by atoms with Crippen molar-refractivity contribution in [3.8, 4) is 0 Å². The molecule has 0 atom stereocenters. The van der Waals surface area contributed by atoms with E-state index >= 15 is 0 Å². The highest BCUT2D eigenvalue weighted by atomic mass is 16.2. The van der Waals surface area contributed by atoms with E-state index in [0.29, 0.717) is 12.2 Å². The van der Waals surface area contributed by atoms with Gasteiger partial charge in [-0.1, -0.05) is 48.6 Å². The molecule has 0 unspecified atom stereocenters. The Morgan fingerprint density at radius 1 is 0.957 bits per heavy atom. The van der Waals surface area contributed by atoms with Gasteiger partial charge in [-0.25, -0.2) is 0 Å². The van der Waals surface area contributed by atoms with Crippen LogP contribution >= 0.6 is 0 Å². The van der Waals surface area contributed by atoms with Gasteiger partial charge in [0.05, 0.1) is 0 Å². The van der Waals surface area contributed by atoms with Gasteiger partial charge in [0.1, 0.15) is 0 Å². The summed E-state index contributed by atoms with van der Waals surface area (Å²) in [6.45, 7) is 4.17. The Hall–Kier alpha value is -2.88. The van der Waals surface area contributed by atoms with Crippen molar-refractivity contribution in [3.05, 3.63) is 78.4 Å². The fourth-order valence-electron chi connectivity index (χ4n) is 1.70. The van der Waals surface area contributed by atoms with E-state index in [9.17, 15) is 9.59 Å². The van der Waals surface area contributed by atoms with Gasteiger partial charge in [-0.3, -0.25) is 9.59 Å². The number of benzene rings is 1. The summed E-state index contributed by atoms with van der Waals surface area (Å²) >= 11 is 0. The van der Waals surface area contributed by atoms with Gasteiger partial charge in [-0.15, -0.1) is 0 Å². The molecule has 0 aliphatic carbocycles. The maximum absolute atomic E-state index is 11.7. The lowest BCUT2D eigenvalue weighted by molar-refractivity contribution is -0.116. The summed E-state index contributed by atoms with van der Waals surface area (Å²) in [5.74, 6) is -0.356. The SMILES string of the molecule is C/C=C/C=C/C(=O)NCc1cccc(NC(=O)/C=C/C=C/C)c1. The Bertz CT molecular complexity index is 641. The Morgan fingerprint density at radius 3 is 2.26 bits per heavy atom. The molecule has 120 valence electrons. The van der Waals surface area contributed by atoms with E-state index in [1.165, 1.54) is 12.2 Å². The van der Waals surface area contributed by atoms with Gasteiger partial charge in [-0.05, 0) is 31.5 Å². The molecule has 4 nitrogen and oxygen atoms in total. The van der Waals surface area contributed by atoms with Gasteiger partial charge in [0.2, 0.25) is 11.8 Å². The number of carbonyl (C=O) groups is 2. The van der Waals surface area contributed by atoms with Crippen molar-refractivity contribution in [1.82, 2.24) is 5.32 Å². The fraction of sp³-hybridized carbons (Fsp3) is 0.158. The van der Waals surface area contributed by atoms with Crippen molar-refractivity contribution in [3.63, 3.8) is 0 Å². The summed E-state index contributed by atoms with van der Waals surface area (Å²) < 4.78 is 0. The number of allylic oxidation sites excluding steroid dienone is 6. The van der Waals surface area contributed by atoms with Gasteiger partial charge >= 0.3 is 0 Å². The average Bonchev–Trinajstić information content (AvgIpc) is 2.54. The third kappa shape index (κ3) is 8.21. The van der Waals surface area contributed by atoms with Crippen LogP contribution in [0.3, 0.4) is 0 Å². The van der Waals surface area contributed by atoms with Crippen LogP contribution in [0, 0.1) is 0 Å². The molecule has 0 aliphatic rings. The van der Waals surface area contributed by atoms with Crippen molar-refractivity contribution in [2.45, 2.75) is 20.4 Å².